The van der Waals surface area contributed by atoms with Gasteiger partial charge in [0.05, 0.1) is 12.1 Å². The zero-order chi connectivity index (χ0) is 14.7. The molecule has 0 spiro atoms. The Balaban J connectivity index is 1.62. The Kier molecular flexibility index (Phi) is 3.92. The monoisotopic (exact) mass is 306 g/mol. The molecule has 0 saturated carbocycles. The Bertz CT molecular complexity index is 656. The van der Waals surface area contributed by atoms with Crippen LogP contribution in [0.25, 0.3) is 0 Å². The van der Waals surface area contributed by atoms with Crippen molar-refractivity contribution in [3.63, 3.8) is 0 Å². The molecule has 0 radical (unpaired) electrons. The van der Waals surface area contributed by atoms with Crippen molar-refractivity contribution in [1.82, 2.24) is 4.98 Å². The van der Waals surface area contributed by atoms with Crippen LogP contribution in [0.15, 0.2) is 23.6 Å². The van der Waals surface area contributed by atoms with Gasteiger partial charge in [-0.1, -0.05) is 6.07 Å². The van der Waals surface area contributed by atoms with Crippen molar-refractivity contribution in [3.8, 4) is 11.5 Å². The number of benzene rings is 1. The zero-order valence-corrected chi connectivity index (χ0v) is 12.0. The first kappa shape index (κ1) is 13.7. The van der Waals surface area contributed by atoms with Gasteiger partial charge in [-0.3, -0.25) is 4.79 Å². The fourth-order valence-electron chi connectivity index (χ4n) is 2.00. The lowest BCUT2D eigenvalue weighted by atomic mass is 10.2. The quantitative estimate of drug-likeness (QED) is 0.881. The summed E-state index contributed by atoms with van der Waals surface area (Å²) >= 11 is 1.40. The molecule has 0 atom stereocenters. The first-order valence-electron chi connectivity index (χ1n) is 6.49. The average molecular weight is 306 g/mol. The number of rotatable bonds is 5. The topological polar surface area (TPSA) is 80.7 Å². The Morgan fingerprint density at radius 2 is 2.14 bits per heavy atom. The first-order valence-corrected chi connectivity index (χ1v) is 7.37. The van der Waals surface area contributed by atoms with E-state index in [2.05, 4.69) is 10.3 Å². The summed E-state index contributed by atoms with van der Waals surface area (Å²) in [6.07, 6.45) is -0.0534. The maximum Gasteiger partial charge on any atom is 0.309 e. The van der Waals surface area contributed by atoms with E-state index in [0.717, 1.165) is 17.1 Å². The number of nitrogens with zero attached hydrogens (tertiary/aromatic N) is 1. The number of aromatic nitrogens is 1. The maximum atomic E-state index is 10.6. The second kappa shape index (κ2) is 6.01. The molecule has 0 aliphatic carbocycles. The maximum absolute atomic E-state index is 10.6. The van der Waals surface area contributed by atoms with E-state index in [-0.39, 0.29) is 6.42 Å². The lowest BCUT2D eigenvalue weighted by Gasteiger charge is -2.18. The minimum absolute atomic E-state index is 0.0534. The molecule has 2 N–H and O–H groups in total. The van der Waals surface area contributed by atoms with Crippen LogP contribution in [-0.2, 0) is 17.8 Å². The van der Waals surface area contributed by atoms with Crippen LogP contribution in [-0.4, -0.2) is 29.3 Å². The van der Waals surface area contributed by atoms with E-state index in [1.54, 1.807) is 5.38 Å². The molecule has 3 rings (SSSR count). The molecule has 1 aromatic heterocycles. The highest BCUT2D eigenvalue weighted by Gasteiger charge is 2.12. The van der Waals surface area contributed by atoms with Crippen molar-refractivity contribution in [2.75, 3.05) is 18.5 Å². The van der Waals surface area contributed by atoms with Crippen LogP contribution < -0.4 is 14.8 Å². The number of carboxylic acids is 1. The summed E-state index contributed by atoms with van der Waals surface area (Å²) in [6, 6.07) is 5.79. The molecule has 1 aliphatic heterocycles. The molecule has 21 heavy (non-hydrogen) atoms. The van der Waals surface area contributed by atoms with Gasteiger partial charge in [0.2, 0.25) is 0 Å². The number of hydrogen-bond acceptors (Lipinski definition) is 6. The summed E-state index contributed by atoms with van der Waals surface area (Å²) in [6.45, 7) is 1.74. The minimum Gasteiger partial charge on any atom is -0.486 e. The molecule has 0 bridgehead atoms. The summed E-state index contributed by atoms with van der Waals surface area (Å²) in [5.74, 6) is 0.646. The van der Waals surface area contributed by atoms with Gasteiger partial charge in [-0.05, 0) is 17.7 Å². The fourth-order valence-corrected chi connectivity index (χ4v) is 2.71. The number of aliphatic carboxylic acids is 1. The van der Waals surface area contributed by atoms with Crippen LogP contribution in [0, 0.1) is 0 Å². The Hall–Kier alpha value is -2.28. The van der Waals surface area contributed by atoms with E-state index >= 15 is 0 Å². The second-order valence-electron chi connectivity index (χ2n) is 4.55. The van der Waals surface area contributed by atoms with Crippen molar-refractivity contribution in [2.24, 2.45) is 0 Å². The normalized spacial score (nSPS) is 13.0. The smallest absolute Gasteiger partial charge is 0.309 e. The minimum atomic E-state index is -0.876. The molecule has 0 amide bonds. The number of carboxylic acid groups (broad SMARTS) is 1. The number of hydrogen-bond donors (Lipinski definition) is 2. The number of nitrogens with one attached hydrogen (secondary N) is 1. The highest BCUT2D eigenvalue weighted by Crippen LogP contribution is 2.31. The molecular formula is C14H14N2O4S. The van der Waals surface area contributed by atoms with Crippen molar-refractivity contribution in [1.29, 1.82) is 0 Å². The Morgan fingerprint density at radius 3 is 2.95 bits per heavy atom. The summed E-state index contributed by atoms with van der Waals surface area (Å²) < 4.78 is 11.0. The molecular weight excluding hydrogens is 292 g/mol. The van der Waals surface area contributed by atoms with Gasteiger partial charge in [-0.2, -0.15) is 0 Å². The predicted molar refractivity (Wildman–Crippen MR) is 78.2 cm³/mol. The predicted octanol–water partition coefficient (Wildman–Crippen LogP) is 2.15. The fraction of sp³-hybridized carbons (Fsp3) is 0.286. The van der Waals surface area contributed by atoms with Gasteiger partial charge in [0.25, 0.3) is 0 Å². The number of fused-ring (bicyclic) bond motifs is 1. The summed E-state index contributed by atoms with van der Waals surface area (Å²) in [4.78, 5) is 14.8. The Morgan fingerprint density at radius 1 is 1.33 bits per heavy atom. The van der Waals surface area contributed by atoms with Crippen LogP contribution in [0.1, 0.15) is 11.3 Å². The molecule has 110 valence electrons. The van der Waals surface area contributed by atoms with Crippen molar-refractivity contribution in [2.45, 2.75) is 13.0 Å². The van der Waals surface area contributed by atoms with E-state index in [4.69, 9.17) is 14.6 Å². The van der Waals surface area contributed by atoms with Gasteiger partial charge in [0, 0.05) is 11.9 Å². The van der Waals surface area contributed by atoms with Crippen LogP contribution in [0.3, 0.4) is 0 Å². The average Bonchev–Trinajstić information content (AvgIpc) is 2.91. The van der Waals surface area contributed by atoms with Gasteiger partial charge in [0.15, 0.2) is 16.6 Å². The van der Waals surface area contributed by atoms with Gasteiger partial charge in [0.1, 0.15) is 13.2 Å². The summed E-state index contributed by atoms with van der Waals surface area (Å²) in [5.41, 5.74) is 1.62. The van der Waals surface area contributed by atoms with Crippen LogP contribution in [0.2, 0.25) is 0 Å². The Labute approximate surface area is 125 Å². The van der Waals surface area contributed by atoms with E-state index in [1.165, 1.54) is 11.3 Å². The molecule has 1 aliphatic rings. The van der Waals surface area contributed by atoms with Gasteiger partial charge < -0.3 is 19.9 Å². The van der Waals surface area contributed by atoms with Crippen LogP contribution >= 0.6 is 11.3 Å². The molecule has 6 nitrogen and oxygen atoms in total. The van der Waals surface area contributed by atoms with Gasteiger partial charge in [-0.25, -0.2) is 4.98 Å². The third-order valence-electron chi connectivity index (χ3n) is 2.93. The molecule has 0 unspecified atom stereocenters. The van der Waals surface area contributed by atoms with E-state index < -0.39 is 5.97 Å². The standard InChI is InChI=1S/C14H14N2O4S/c17-13(18)6-10-8-21-14(16-10)15-7-9-1-2-11-12(5-9)20-4-3-19-11/h1-2,5,8H,3-4,6-7H2,(H,15,16)(H,17,18). The number of ether oxygens (including phenoxy) is 2. The van der Waals surface area contributed by atoms with Gasteiger partial charge in [-0.15, -0.1) is 11.3 Å². The molecule has 0 fully saturated rings. The third kappa shape index (κ3) is 3.43. The van der Waals surface area contributed by atoms with Crippen molar-refractivity contribution in [3.05, 3.63) is 34.8 Å². The van der Waals surface area contributed by atoms with Gasteiger partial charge >= 0.3 is 5.97 Å². The van der Waals surface area contributed by atoms with Crippen LogP contribution in [0.5, 0.6) is 11.5 Å². The molecule has 1 aromatic carbocycles. The first-order chi connectivity index (χ1) is 10.2. The highest BCUT2D eigenvalue weighted by molar-refractivity contribution is 7.13. The van der Waals surface area contributed by atoms with E-state index in [9.17, 15) is 4.79 Å². The van der Waals surface area contributed by atoms with E-state index in [0.29, 0.717) is 30.6 Å². The SMILES string of the molecule is O=C(O)Cc1csc(NCc2ccc3c(c2)OCCO3)n1. The molecule has 2 aromatic rings. The van der Waals surface area contributed by atoms with Crippen LogP contribution in [0.4, 0.5) is 5.13 Å². The number of carbonyl (C=O) groups is 1. The highest BCUT2D eigenvalue weighted by atomic mass is 32.1. The number of thiazole rings is 1. The lowest BCUT2D eigenvalue weighted by Crippen LogP contribution is -2.15. The lowest BCUT2D eigenvalue weighted by molar-refractivity contribution is -0.136. The van der Waals surface area contributed by atoms with Crippen molar-refractivity contribution >= 4 is 22.4 Å². The molecule has 7 heteroatoms. The summed E-state index contributed by atoms with van der Waals surface area (Å²) in [5, 5.41) is 14.4. The second-order valence-corrected chi connectivity index (χ2v) is 5.40. The summed E-state index contributed by atoms with van der Waals surface area (Å²) in [7, 11) is 0. The zero-order valence-electron chi connectivity index (χ0n) is 11.2. The number of anilines is 1. The molecule has 0 saturated heterocycles. The third-order valence-corrected chi connectivity index (χ3v) is 3.78. The molecule has 2 heterocycles. The largest absolute Gasteiger partial charge is 0.486 e. The van der Waals surface area contributed by atoms with E-state index in [1.807, 2.05) is 18.2 Å². The van der Waals surface area contributed by atoms with Crippen molar-refractivity contribution < 1.29 is 19.4 Å².